The van der Waals surface area contributed by atoms with Crippen LogP contribution in [0.3, 0.4) is 0 Å². The van der Waals surface area contributed by atoms with Gasteiger partial charge in [-0.2, -0.15) is 5.10 Å². The van der Waals surface area contributed by atoms with Gasteiger partial charge in [0.15, 0.2) is 0 Å². The van der Waals surface area contributed by atoms with Crippen molar-refractivity contribution in [3.8, 4) is 5.75 Å². The zero-order valence-corrected chi connectivity index (χ0v) is 14.5. The van der Waals surface area contributed by atoms with Gasteiger partial charge in [0.1, 0.15) is 5.75 Å². The SMILES string of the molecule is Cc1ccc(C2Oc3ccccc3C3CC(c4cccnc4)=NN32)cc1. The molecule has 5 rings (SSSR count). The molecule has 0 spiro atoms. The van der Waals surface area contributed by atoms with E-state index in [1.54, 1.807) is 6.20 Å². The minimum Gasteiger partial charge on any atom is -0.464 e. The van der Waals surface area contributed by atoms with Crippen molar-refractivity contribution in [2.24, 2.45) is 5.10 Å². The summed E-state index contributed by atoms with van der Waals surface area (Å²) in [5.74, 6) is 0.946. The van der Waals surface area contributed by atoms with Gasteiger partial charge in [0.2, 0.25) is 6.23 Å². The maximum absolute atomic E-state index is 6.36. The van der Waals surface area contributed by atoms with Crippen LogP contribution < -0.4 is 4.74 Å². The molecule has 0 N–H and O–H groups in total. The van der Waals surface area contributed by atoms with E-state index in [1.807, 2.05) is 18.3 Å². The highest BCUT2D eigenvalue weighted by atomic mass is 16.5. The molecule has 2 aliphatic heterocycles. The summed E-state index contributed by atoms with van der Waals surface area (Å²) in [7, 11) is 0. The molecule has 3 heterocycles. The van der Waals surface area contributed by atoms with Crippen LogP contribution in [-0.4, -0.2) is 15.7 Å². The fourth-order valence-electron chi connectivity index (χ4n) is 3.69. The number of aryl methyl sites for hydroxylation is 1. The molecule has 0 saturated carbocycles. The highest BCUT2D eigenvalue weighted by Crippen LogP contribution is 2.47. The number of hydrazone groups is 1. The number of benzene rings is 2. The second-order valence-corrected chi connectivity index (χ2v) is 6.81. The van der Waals surface area contributed by atoms with Crippen LogP contribution in [0.4, 0.5) is 0 Å². The molecule has 2 aliphatic rings. The zero-order valence-electron chi connectivity index (χ0n) is 14.5. The third kappa shape index (κ3) is 2.46. The fourth-order valence-corrected chi connectivity index (χ4v) is 3.69. The van der Waals surface area contributed by atoms with Crippen LogP contribution in [0.15, 0.2) is 78.2 Å². The van der Waals surface area contributed by atoms with Crippen molar-refractivity contribution in [3.63, 3.8) is 0 Å². The van der Waals surface area contributed by atoms with Crippen molar-refractivity contribution in [3.05, 3.63) is 95.3 Å². The first-order valence-electron chi connectivity index (χ1n) is 8.88. The standard InChI is InChI=1S/C22H19N3O/c1-15-8-10-16(11-9-15)22-25-20(18-6-2-3-7-21(18)26-22)13-19(24-25)17-5-4-12-23-14-17/h2-12,14,20,22H,13H2,1H3. The van der Waals surface area contributed by atoms with Crippen molar-refractivity contribution in [2.45, 2.75) is 25.6 Å². The summed E-state index contributed by atoms with van der Waals surface area (Å²) in [6.45, 7) is 2.10. The van der Waals surface area contributed by atoms with Crippen molar-refractivity contribution < 1.29 is 4.74 Å². The van der Waals surface area contributed by atoms with Crippen LogP contribution in [0.25, 0.3) is 0 Å². The number of rotatable bonds is 2. The molecule has 0 amide bonds. The number of hydrogen-bond acceptors (Lipinski definition) is 4. The van der Waals surface area contributed by atoms with Crippen LogP contribution in [0.1, 0.15) is 40.9 Å². The Morgan fingerprint density at radius 3 is 2.65 bits per heavy atom. The van der Waals surface area contributed by atoms with Gasteiger partial charge in [-0.05, 0) is 19.1 Å². The number of fused-ring (bicyclic) bond motifs is 3. The third-order valence-corrected chi connectivity index (χ3v) is 5.06. The van der Waals surface area contributed by atoms with Crippen molar-refractivity contribution in [2.75, 3.05) is 0 Å². The molecule has 2 atom stereocenters. The van der Waals surface area contributed by atoms with E-state index in [4.69, 9.17) is 9.84 Å². The van der Waals surface area contributed by atoms with Gasteiger partial charge < -0.3 is 4.74 Å². The lowest BCUT2D eigenvalue weighted by atomic mass is 9.96. The summed E-state index contributed by atoms with van der Waals surface area (Å²) in [4.78, 5) is 4.25. The molecular weight excluding hydrogens is 322 g/mol. The summed E-state index contributed by atoms with van der Waals surface area (Å²) in [5, 5.41) is 7.05. The van der Waals surface area contributed by atoms with Crippen LogP contribution in [-0.2, 0) is 0 Å². The van der Waals surface area contributed by atoms with E-state index in [0.29, 0.717) is 0 Å². The van der Waals surface area contributed by atoms with E-state index in [-0.39, 0.29) is 12.3 Å². The molecule has 2 unspecified atom stereocenters. The largest absolute Gasteiger partial charge is 0.464 e. The molecule has 0 aliphatic carbocycles. The van der Waals surface area contributed by atoms with E-state index < -0.39 is 0 Å². The van der Waals surface area contributed by atoms with Gasteiger partial charge in [-0.15, -0.1) is 0 Å². The predicted octanol–water partition coefficient (Wildman–Crippen LogP) is 4.63. The Kier molecular flexibility index (Phi) is 3.49. The van der Waals surface area contributed by atoms with Gasteiger partial charge in [-0.25, -0.2) is 5.01 Å². The minimum absolute atomic E-state index is 0.182. The van der Waals surface area contributed by atoms with Crippen LogP contribution in [0.5, 0.6) is 5.75 Å². The van der Waals surface area contributed by atoms with Gasteiger partial charge in [0.05, 0.1) is 11.8 Å². The summed E-state index contributed by atoms with van der Waals surface area (Å²) in [6, 6.07) is 21.0. The van der Waals surface area contributed by atoms with Gasteiger partial charge in [-0.1, -0.05) is 54.1 Å². The molecule has 3 aromatic rings. The van der Waals surface area contributed by atoms with Crippen molar-refractivity contribution >= 4 is 5.71 Å². The Hall–Kier alpha value is -3.14. The number of para-hydroxylation sites is 1. The molecule has 1 aromatic heterocycles. The first-order valence-corrected chi connectivity index (χ1v) is 8.88. The molecule has 0 radical (unpaired) electrons. The Labute approximate surface area is 152 Å². The quantitative estimate of drug-likeness (QED) is 0.682. The van der Waals surface area contributed by atoms with Crippen LogP contribution in [0, 0.1) is 6.92 Å². The van der Waals surface area contributed by atoms with Gasteiger partial charge in [0.25, 0.3) is 0 Å². The first-order chi connectivity index (χ1) is 12.8. The van der Waals surface area contributed by atoms with Crippen molar-refractivity contribution in [1.82, 2.24) is 9.99 Å². The second kappa shape index (κ2) is 5.99. The molecular formula is C22H19N3O. The monoisotopic (exact) mass is 341 g/mol. The van der Waals surface area contributed by atoms with Crippen molar-refractivity contribution in [1.29, 1.82) is 0 Å². The van der Waals surface area contributed by atoms with E-state index in [1.165, 1.54) is 11.1 Å². The normalized spacial score (nSPS) is 20.8. The number of ether oxygens (including phenoxy) is 1. The zero-order chi connectivity index (χ0) is 17.5. The Bertz CT molecular complexity index is 966. The highest BCUT2D eigenvalue weighted by Gasteiger charge is 2.40. The lowest BCUT2D eigenvalue weighted by molar-refractivity contribution is -0.0190. The lowest BCUT2D eigenvalue weighted by Crippen LogP contribution is -2.33. The van der Waals surface area contributed by atoms with E-state index in [2.05, 4.69) is 65.4 Å². The van der Waals surface area contributed by atoms with Gasteiger partial charge in [0, 0.05) is 35.5 Å². The molecule has 0 fully saturated rings. The second-order valence-electron chi connectivity index (χ2n) is 6.81. The van der Waals surface area contributed by atoms with Crippen LogP contribution >= 0.6 is 0 Å². The third-order valence-electron chi connectivity index (χ3n) is 5.06. The molecule has 0 bridgehead atoms. The van der Waals surface area contributed by atoms with E-state index in [9.17, 15) is 0 Å². The number of hydrogen-bond donors (Lipinski definition) is 0. The predicted molar refractivity (Wildman–Crippen MR) is 101 cm³/mol. The Morgan fingerprint density at radius 1 is 1.00 bits per heavy atom. The van der Waals surface area contributed by atoms with Gasteiger partial charge >= 0.3 is 0 Å². The summed E-state index contributed by atoms with van der Waals surface area (Å²) >= 11 is 0. The van der Waals surface area contributed by atoms with E-state index >= 15 is 0 Å². The summed E-state index contributed by atoms with van der Waals surface area (Å²) in [5.41, 5.74) is 5.68. The number of aromatic nitrogens is 1. The topological polar surface area (TPSA) is 37.7 Å². The average Bonchev–Trinajstić information content (AvgIpc) is 3.14. The smallest absolute Gasteiger partial charge is 0.213 e. The van der Waals surface area contributed by atoms with E-state index in [0.717, 1.165) is 29.0 Å². The number of pyridine rings is 1. The average molecular weight is 341 g/mol. The molecule has 26 heavy (non-hydrogen) atoms. The highest BCUT2D eigenvalue weighted by molar-refractivity contribution is 6.01. The summed E-state index contributed by atoms with van der Waals surface area (Å²) in [6.07, 6.45) is 4.31. The Morgan fingerprint density at radius 2 is 1.85 bits per heavy atom. The molecule has 4 heteroatoms. The molecule has 2 aromatic carbocycles. The fraction of sp³-hybridized carbons (Fsp3) is 0.182. The Balaban J connectivity index is 1.60. The minimum atomic E-state index is -0.218. The first kappa shape index (κ1) is 15.1. The molecule has 4 nitrogen and oxygen atoms in total. The lowest BCUT2D eigenvalue weighted by Gasteiger charge is -2.38. The maximum atomic E-state index is 6.36. The van der Waals surface area contributed by atoms with Crippen LogP contribution in [0.2, 0.25) is 0 Å². The summed E-state index contributed by atoms with van der Waals surface area (Å²) < 4.78 is 6.36. The molecule has 128 valence electrons. The molecule has 0 saturated heterocycles. The number of nitrogens with zero attached hydrogens (tertiary/aromatic N) is 3. The van der Waals surface area contributed by atoms with Gasteiger partial charge in [-0.3, -0.25) is 4.98 Å². The maximum Gasteiger partial charge on any atom is 0.213 e.